The van der Waals surface area contributed by atoms with E-state index in [1.54, 1.807) is 10.8 Å². The lowest BCUT2D eigenvalue weighted by Crippen LogP contribution is -2.24. The third-order valence-corrected chi connectivity index (χ3v) is 6.12. The van der Waals surface area contributed by atoms with Gasteiger partial charge in [0.25, 0.3) is 0 Å². The van der Waals surface area contributed by atoms with Gasteiger partial charge in [-0.25, -0.2) is 9.78 Å². The average molecular weight is 415 g/mol. The van der Waals surface area contributed by atoms with Crippen LogP contribution in [-0.4, -0.2) is 47.8 Å². The molecule has 8 nitrogen and oxygen atoms in total. The second kappa shape index (κ2) is 9.04. The molecule has 0 aromatic carbocycles. The first kappa shape index (κ1) is 20.7. The Morgan fingerprint density at radius 2 is 2.07 bits per heavy atom. The summed E-state index contributed by atoms with van der Waals surface area (Å²) in [5.74, 6) is -0.847. The third kappa shape index (κ3) is 4.01. The number of hydrogen-bond acceptors (Lipinski definition) is 6. The molecule has 1 aliphatic carbocycles. The minimum atomic E-state index is -0.491. The Balaban J connectivity index is 1.74. The van der Waals surface area contributed by atoms with E-state index < -0.39 is 5.97 Å². The first-order valence-electron chi connectivity index (χ1n) is 10.9. The molecule has 1 saturated heterocycles. The van der Waals surface area contributed by atoms with E-state index in [9.17, 15) is 9.59 Å². The van der Waals surface area contributed by atoms with Crippen LogP contribution in [0.2, 0.25) is 0 Å². The number of amides is 1. The number of carbonyl (C=O) groups is 2. The fourth-order valence-corrected chi connectivity index (χ4v) is 4.50. The van der Waals surface area contributed by atoms with Crippen molar-refractivity contribution < 1.29 is 19.1 Å². The Morgan fingerprint density at radius 3 is 2.73 bits per heavy atom. The lowest BCUT2D eigenvalue weighted by molar-refractivity contribution is -0.119. The van der Waals surface area contributed by atoms with E-state index in [0.29, 0.717) is 49.2 Å². The van der Waals surface area contributed by atoms with Crippen molar-refractivity contribution in [1.82, 2.24) is 9.55 Å². The highest BCUT2D eigenvalue weighted by molar-refractivity contribution is 6.11. The predicted molar refractivity (Wildman–Crippen MR) is 115 cm³/mol. The molecule has 0 bridgehead atoms. The van der Waals surface area contributed by atoms with Gasteiger partial charge >= 0.3 is 5.97 Å². The van der Waals surface area contributed by atoms with Crippen LogP contribution in [0, 0.1) is 5.92 Å². The number of rotatable bonds is 6. The molecule has 0 spiro atoms. The van der Waals surface area contributed by atoms with Crippen LogP contribution in [0.4, 0.5) is 11.4 Å². The molecule has 162 valence electrons. The van der Waals surface area contributed by atoms with Crippen LogP contribution >= 0.6 is 0 Å². The van der Waals surface area contributed by atoms with Gasteiger partial charge < -0.3 is 24.7 Å². The van der Waals surface area contributed by atoms with Crippen LogP contribution in [0.1, 0.15) is 55.9 Å². The minimum absolute atomic E-state index is 0.140. The average Bonchev–Trinajstić information content (AvgIpc) is 3.41. The molecule has 30 heavy (non-hydrogen) atoms. The molecule has 2 aromatic rings. The maximum Gasteiger partial charge on any atom is 0.356 e. The first-order valence-corrected chi connectivity index (χ1v) is 10.9. The van der Waals surface area contributed by atoms with Crippen LogP contribution < -0.4 is 10.6 Å². The highest BCUT2D eigenvalue weighted by Crippen LogP contribution is 2.34. The summed E-state index contributed by atoms with van der Waals surface area (Å²) >= 11 is 0. The number of hydrogen-bond donors (Lipinski definition) is 2. The fraction of sp³-hybridized carbons (Fsp3) is 0.591. The number of anilines is 2. The predicted octanol–water partition coefficient (Wildman–Crippen LogP) is 3.56. The number of pyridine rings is 1. The number of methoxy groups -OCH3 is 1. The minimum Gasteiger partial charge on any atom is -0.464 e. The summed E-state index contributed by atoms with van der Waals surface area (Å²) in [6.07, 6.45) is 8.53. The second-order valence-corrected chi connectivity index (χ2v) is 8.08. The van der Waals surface area contributed by atoms with Crippen molar-refractivity contribution in [2.75, 3.05) is 31.0 Å². The van der Waals surface area contributed by atoms with E-state index in [4.69, 9.17) is 9.47 Å². The highest BCUT2D eigenvalue weighted by Gasteiger charge is 2.29. The van der Waals surface area contributed by atoms with Gasteiger partial charge in [0, 0.05) is 24.6 Å². The van der Waals surface area contributed by atoms with Crippen molar-refractivity contribution in [3.63, 3.8) is 0 Å². The molecule has 2 aliphatic rings. The van der Waals surface area contributed by atoms with E-state index in [0.717, 1.165) is 23.9 Å². The largest absolute Gasteiger partial charge is 0.464 e. The summed E-state index contributed by atoms with van der Waals surface area (Å²) in [7, 11) is 1.35. The molecule has 1 amide bonds. The zero-order chi connectivity index (χ0) is 21.1. The van der Waals surface area contributed by atoms with E-state index >= 15 is 0 Å². The molecule has 0 radical (unpaired) electrons. The van der Waals surface area contributed by atoms with E-state index in [-0.39, 0.29) is 11.8 Å². The number of aryl methyl sites for hydroxylation is 1. The van der Waals surface area contributed by atoms with Gasteiger partial charge in [-0.3, -0.25) is 4.79 Å². The summed E-state index contributed by atoms with van der Waals surface area (Å²) < 4.78 is 12.2. The molecule has 2 aromatic heterocycles. The smallest absolute Gasteiger partial charge is 0.356 e. The van der Waals surface area contributed by atoms with E-state index in [2.05, 4.69) is 15.6 Å². The lowest BCUT2D eigenvalue weighted by Gasteiger charge is -2.23. The van der Waals surface area contributed by atoms with E-state index in [1.165, 1.54) is 26.4 Å². The van der Waals surface area contributed by atoms with Crippen LogP contribution in [0.3, 0.4) is 0 Å². The van der Waals surface area contributed by atoms with Crippen molar-refractivity contribution in [2.24, 2.45) is 5.92 Å². The summed E-state index contributed by atoms with van der Waals surface area (Å²) in [4.78, 5) is 30.1. The molecule has 1 atom stereocenters. The Kier molecular flexibility index (Phi) is 6.22. The number of nitrogens with zero attached hydrogens (tertiary/aromatic N) is 2. The normalized spacial score (nSPS) is 19.7. The van der Waals surface area contributed by atoms with Gasteiger partial charge in [-0.2, -0.15) is 0 Å². The van der Waals surface area contributed by atoms with Crippen LogP contribution in [0.5, 0.6) is 0 Å². The molecule has 8 heteroatoms. The topological polar surface area (TPSA) is 94.5 Å². The molecule has 4 rings (SSSR count). The molecule has 3 heterocycles. The van der Waals surface area contributed by atoms with Gasteiger partial charge in [0.1, 0.15) is 5.65 Å². The van der Waals surface area contributed by atoms with Gasteiger partial charge in [0.15, 0.2) is 5.69 Å². The SMILES string of the molecule is CCn1c(C(=O)OC)c(NC(=O)[C@H]2CCOC2)c2cc(NC3CCCCC3)cnc21. The van der Waals surface area contributed by atoms with Crippen molar-refractivity contribution in [1.29, 1.82) is 0 Å². The summed E-state index contributed by atoms with van der Waals surface area (Å²) in [5, 5.41) is 7.31. The number of aromatic nitrogens is 2. The van der Waals surface area contributed by atoms with Gasteiger partial charge in [-0.05, 0) is 32.3 Å². The Labute approximate surface area is 176 Å². The Hall–Kier alpha value is -2.61. The maximum atomic E-state index is 12.8. The fourth-order valence-electron chi connectivity index (χ4n) is 4.50. The number of carbonyl (C=O) groups excluding carboxylic acids is 2. The maximum absolute atomic E-state index is 12.8. The van der Waals surface area contributed by atoms with Crippen molar-refractivity contribution in [3.05, 3.63) is 18.0 Å². The highest BCUT2D eigenvalue weighted by atomic mass is 16.5. The zero-order valence-electron chi connectivity index (χ0n) is 17.7. The summed E-state index contributed by atoms with van der Waals surface area (Å²) in [5.41, 5.74) is 2.35. The molecule has 1 saturated carbocycles. The molecule has 2 N–H and O–H groups in total. The van der Waals surface area contributed by atoms with Crippen LogP contribution in [0.15, 0.2) is 12.3 Å². The third-order valence-electron chi connectivity index (χ3n) is 6.12. The first-order chi connectivity index (χ1) is 14.6. The second-order valence-electron chi connectivity index (χ2n) is 8.08. The monoisotopic (exact) mass is 414 g/mol. The zero-order valence-corrected chi connectivity index (χ0v) is 17.7. The van der Waals surface area contributed by atoms with Crippen LogP contribution in [0.25, 0.3) is 11.0 Å². The summed E-state index contributed by atoms with van der Waals surface area (Å²) in [6.45, 7) is 3.46. The van der Waals surface area contributed by atoms with Gasteiger partial charge in [-0.15, -0.1) is 0 Å². The molecule has 2 fully saturated rings. The molecular formula is C22H30N4O4. The van der Waals surface area contributed by atoms with E-state index in [1.807, 2.05) is 13.0 Å². The van der Waals surface area contributed by atoms with Crippen molar-refractivity contribution in [2.45, 2.75) is 58.0 Å². The summed E-state index contributed by atoms with van der Waals surface area (Å²) in [6, 6.07) is 2.41. The van der Waals surface area contributed by atoms with Crippen molar-refractivity contribution in [3.8, 4) is 0 Å². The number of ether oxygens (including phenoxy) is 2. The molecule has 1 aliphatic heterocycles. The number of fused-ring (bicyclic) bond motifs is 1. The van der Waals surface area contributed by atoms with Gasteiger partial charge in [0.2, 0.25) is 5.91 Å². The van der Waals surface area contributed by atoms with Crippen LogP contribution in [-0.2, 0) is 20.8 Å². The van der Waals surface area contributed by atoms with Gasteiger partial charge in [0.05, 0.1) is 37.2 Å². The lowest BCUT2D eigenvalue weighted by atomic mass is 9.95. The standard InChI is InChI=1S/C22H30N4O4/c1-3-26-19(22(28)29-2)18(25-21(27)14-9-10-30-13-14)17-11-16(12-23-20(17)26)24-15-7-5-4-6-8-15/h11-12,14-15,24H,3-10,13H2,1-2H3,(H,25,27)/t14-/m0/s1. The quantitative estimate of drug-likeness (QED) is 0.702. The number of esters is 1. The molecule has 0 unspecified atom stereocenters. The van der Waals surface area contributed by atoms with Crippen molar-refractivity contribution >= 4 is 34.3 Å². The Bertz CT molecular complexity index is 927. The number of nitrogens with one attached hydrogen (secondary N) is 2. The molecular weight excluding hydrogens is 384 g/mol. The van der Waals surface area contributed by atoms with Gasteiger partial charge in [-0.1, -0.05) is 19.3 Å². The Morgan fingerprint density at radius 1 is 1.27 bits per heavy atom.